The first-order chi connectivity index (χ1) is 9.93. The lowest BCUT2D eigenvalue weighted by Gasteiger charge is -2.18. The molecular weight excluding hydrogens is 250 g/mol. The predicted octanol–water partition coefficient (Wildman–Crippen LogP) is 2.08. The number of pyridine rings is 1. The number of H-pyrrole nitrogens is 1. The summed E-state index contributed by atoms with van der Waals surface area (Å²) < 4.78 is 0. The number of benzene rings is 1. The highest BCUT2D eigenvalue weighted by molar-refractivity contribution is 5.27. The fourth-order valence-electron chi connectivity index (χ4n) is 2.10. The zero-order chi connectivity index (χ0) is 13.6. The topological polar surface area (TPSA) is 66.5 Å². The predicted molar refractivity (Wildman–Crippen MR) is 75.7 cm³/mol. The van der Waals surface area contributed by atoms with E-state index >= 15 is 0 Å². The second kappa shape index (κ2) is 6.08. The lowest BCUT2D eigenvalue weighted by Crippen LogP contribution is -2.23. The van der Waals surface area contributed by atoms with Crippen LogP contribution in [-0.2, 0) is 6.54 Å². The molecule has 0 bridgehead atoms. The molecule has 20 heavy (non-hydrogen) atoms. The van der Waals surface area contributed by atoms with Gasteiger partial charge in [-0.15, -0.1) is 0 Å². The summed E-state index contributed by atoms with van der Waals surface area (Å²) in [4.78, 5) is 8.57. The lowest BCUT2D eigenvalue weighted by atomic mass is 10.0. The minimum Gasteiger partial charge on any atom is -0.298 e. The van der Waals surface area contributed by atoms with Crippen LogP contribution in [-0.4, -0.2) is 20.2 Å². The highest BCUT2D eigenvalue weighted by Crippen LogP contribution is 2.20. The fourth-order valence-corrected chi connectivity index (χ4v) is 2.10. The third-order valence-corrected chi connectivity index (χ3v) is 3.05. The van der Waals surface area contributed by atoms with E-state index in [-0.39, 0.29) is 6.04 Å². The Morgan fingerprint density at radius 3 is 2.55 bits per heavy atom. The third kappa shape index (κ3) is 2.89. The molecule has 0 aliphatic rings. The van der Waals surface area contributed by atoms with Crippen molar-refractivity contribution in [3.63, 3.8) is 0 Å². The Hall–Kier alpha value is -2.53. The summed E-state index contributed by atoms with van der Waals surface area (Å²) in [7, 11) is 0. The molecule has 0 saturated carbocycles. The Morgan fingerprint density at radius 1 is 1.00 bits per heavy atom. The molecule has 0 spiro atoms. The van der Waals surface area contributed by atoms with E-state index in [2.05, 4.69) is 37.6 Å². The molecule has 2 N–H and O–H groups in total. The summed E-state index contributed by atoms with van der Waals surface area (Å²) in [5.41, 5.74) is 2.16. The molecule has 0 fully saturated rings. The van der Waals surface area contributed by atoms with Gasteiger partial charge in [0.1, 0.15) is 12.2 Å². The maximum atomic E-state index is 4.45. The Morgan fingerprint density at radius 2 is 1.85 bits per heavy atom. The van der Waals surface area contributed by atoms with Crippen molar-refractivity contribution < 1.29 is 0 Å². The van der Waals surface area contributed by atoms with E-state index in [1.54, 1.807) is 6.20 Å². The Kier molecular flexibility index (Phi) is 3.80. The molecular formula is C15H15N5. The van der Waals surface area contributed by atoms with Gasteiger partial charge in [-0.05, 0) is 17.7 Å². The van der Waals surface area contributed by atoms with Crippen LogP contribution in [0.3, 0.4) is 0 Å². The average molecular weight is 265 g/mol. The Bertz CT molecular complexity index is 582. The van der Waals surface area contributed by atoms with Crippen molar-refractivity contribution in [3.8, 4) is 0 Å². The first-order valence-electron chi connectivity index (χ1n) is 6.47. The van der Waals surface area contributed by atoms with Crippen molar-refractivity contribution in [2.75, 3.05) is 0 Å². The highest BCUT2D eigenvalue weighted by Gasteiger charge is 2.14. The van der Waals surface area contributed by atoms with Crippen molar-refractivity contribution in [3.05, 3.63) is 78.1 Å². The first kappa shape index (κ1) is 12.5. The summed E-state index contributed by atoms with van der Waals surface area (Å²) in [6, 6.07) is 16.2. The zero-order valence-electron chi connectivity index (χ0n) is 10.9. The molecule has 100 valence electrons. The molecule has 1 aromatic carbocycles. The van der Waals surface area contributed by atoms with Gasteiger partial charge < -0.3 is 0 Å². The molecule has 0 radical (unpaired) electrons. The van der Waals surface area contributed by atoms with Gasteiger partial charge in [-0.1, -0.05) is 36.4 Å². The fraction of sp³-hybridized carbons (Fsp3) is 0.133. The van der Waals surface area contributed by atoms with Crippen LogP contribution in [0.2, 0.25) is 0 Å². The highest BCUT2D eigenvalue weighted by atomic mass is 15.2. The van der Waals surface area contributed by atoms with E-state index in [1.165, 1.54) is 11.9 Å². The molecule has 1 atom stereocenters. The summed E-state index contributed by atoms with van der Waals surface area (Å²) in [5.74, 6) is 0.807. The molecule has 1 unspecified atom stereocenters. The number of hydrogen-bond donors (Lipinski definition) is 2. The van der Waals surface area contributed by atoms with Crippen LogP contribution in [0.5, 0.6) is 0 Å². The summed E-state index contributed by atoms with van der Waals surface area (Å²) in [6.45, 7) is 0.607. The largest absolute Gasteiger partial charge is 0.298 e. The second-order valence-electron chi connectivity index (χ2n) is 4.41. The SMILES string of the molecule is c1ccc(C(NCc2ncn[nH]2)c2ccccn2)cc1. The van der Waals surface area contributed by atoms with E-state index in [9.17, 15) is 0 Å². The molecule has 2 heterocycles. The molecule has 0 aliphatic heterocycles. The van der Waals surface area contributed by atoms with Gasteiger partial charge in [0.05, 0.1) is 18.3 Å². The molecule has 0 aliphatic carbocycles. The molecule has 3 aromatic rings. The quantitative estimate of drug-likeness (QED) is 0.741. The summed E-state index contributed by atoms with van der Waals surface area (Å²) in [6.07, 6.45) is 3.32. The van der Waals surface area contributed by atoms with Crippen molar-refractivity contribution >= 4 is 0 Å². The van der Waals surface area contributed by atoms with Crippen molar-refractivity contribution in [2.24, 2.45) is 0 Å². The Balaban J connectivity index is 1.84. The van der Waals surface area contributed by atoms with Gasteiger partial charge in [0.15, 0.2) is 0 Å². The molecule has 5 heteroatoms. The van der Waals surface area contributed by atoms with Gasteiger partial charge in [-0.3, -0.25) is 15.4 Å². The second-order valence-corrected chi connectivity index (χ2v) is 4.41. The van der Waals surface area contributed by atoms with E-state index in [4.69, 9.17) is 0 Å². The van der Waals surface area contributed by atoms with Crippen molar-refractivity contribution in [2.45, 2.75) is 12.6 Å². The molecule has 0 amide bonds. The van der Waals surface area contributed by atoms with Crippen LogP contribution in [0, 0.1) is 0 Å². The molecule has 5 nitrogen and oxygen atoms in total. The number of aromatic amines is 1. The van der Waals surface area contributed by atoms with Crippen LogP contribution in [0.4, 0.5) is 0 Å². The van der Waals surface area contributed by atoms with E-state index in [0.717, 1.165) is 11.5 Å². The van der Waals surface area contributed by atoms with Crippen LogP contribution in [0.1, 0.15) is 23.1 Å². The summed E-state index contributed by atoms with van der Waals surface area (Å²) in [5, 5.41) is 10.2. The van der Waals surface area contributed by atoms with Crippen molar-refractivity contribution in [1.29, 1.82) is 0 Å². The van der Waals surface area contributed by atoms with Crippen LogP contribution in [0.15, 0.2) is 61.1 Å². The minimum atomic E-state index is 0.0301. The van der Waals surface area contributed by atoms with Crippen LogP contribution in [0.25, 0.3) is 0 Å². The molecule has 0 saturated heterocycles. The van der Waals surface area contributed by atoms with Gasteiger partial charge in [0.25, 0.3) is 0 Å². The minimum absolute atomic E-state index is 0.0301. The van der Waals surface area contributed by atoms with Crippen LogP contribution < -0.4 is 5.32 Å². The van der Waals surface area contributed by atoms with Gasteiger partial charge in [0.2, 0.25) is 0 Å². The van der Waals surface area contributed by atoms with Gasteiger partial charge in [-0.2, -0.15) is 5.10 Å². The smallest absolute Gasteiger partial charge is 0.138 e. The number of nitrogens with one attached hydrogen (secondary N) is 2. The maximum Gasteiger partial charge on any atom is 0.138 e. The average Bonchev–Trinajstić information content (AvgIpc) is 3.03. The molecule has 2 aromatic heterocycles. The number of hydrogen-bond acceptors (Lipinski definition) is 4. The number of rotatable bonds is 5. The van der Waals surface area contributed by atoms with Gasteiger partial charge >= 0.3 is 0 Å². The van der Waals surface area contributed by atoms with E-state index in [0.29, 0.717) is 6.54 Å². The standard InChI is InChI=1S/C15H15N5/c1-2-6-12(7-3-1)15(13-8-4-5-9-16-13)17-10-14-18-11-19-20-14/h1-9,11,15,17H,10H2,(H,18,19,20). The van der Waals surface area contributed by atoms with Gasteiger partial charge in [0, 0.05) is 6.20 Å². The van der Waals surface area contributed by atoms with Crippen molar-refractivity contribution in [1.82, 2.24) is 25.5 Å². The monoisotopic (exact) mass is 265 g/mol. The molecule has 3 rings (SSSR count). The first-order valence-corrected chi connectivity index (χ1v) is 6.47. The third-order valence-electron chi connectivity index (χ3n) is 3.05. The van der Waals surface area contributed by atoms with Crippen LogP contribution >= 0.6 is 0 Å². The number of aromatic nitrogens is 4. The maximum absolute atomic E-state index is 4.45. The normalized spacial score (nSPS) is 12.2. The van der Waals surface area contributed by atoms with E-state index in [1.807, 2.05) is 36.4 Å². The number of nitrogens with zero attached hydrogens (tertiary/aromatic N) is 3. The summed E-state index contributed by atoms with van der Waals surface area (Å²) >= 11 is 0. The lowest BCUT2D eigenvalue weighted by molar-refractivity contribution is 0.576. The van der Waals surface area contributed by atoms with Gasteiger partial charge in [-0.25, -0.2) is 4.98 Å². The Labute approximate surface area is 117 Å². The van der Waals surface area contributed by atoms with E-state index < -0.39 is 0 Å². The zero-order valence-corrected chi connectivity index (χ0v) is 10.9.